The van der Waals surface area contributed by atoms with Crippen molar-refractivity contribution in [2.45, 2.75) is 32.3 Å². The normalized spacial score (nSPS) is 16.5. The summed E-state index contributed by atoms with van der Waals surface area (Å²) in [6, 6.07) is 13.0. The molecule has 0 aliphatic carbocycles. The van der Waals surface area contributed by atoms with Crippen molar-refractivity contribution in [2.24, 2.45) is 0 Å². The number of fused-ring (bicyclic) bond motifs is 1. The van der Waals surface area contributed by atoms with Crippen molar-refractivity contribution in [3.63, 3.8) is 0 Å². The van der Waals surface area contributed by atoms with Crippen molar-refractivity contribution >= 4 is 33.2 Å². The Kier molecular flexibility index (Phi) is 6.70. The lowest BCUT2D eigenvalue weighted by atomic mass is 10.1. The summed E-state index contributed by atoms with van der Waals surface area (Å²) >= 11 is 6.03. The number of carbonyl (C=O) groups is 1. The Labute approximate surface area is 176 Å². The zero-order valence-electron chi connectivity index (χ0n) is 16.5. The van der Waals surface area contributed by atoms with Crippen molar-refractivity contribution in [3.05, 3.63) is 58.6 Å². The van der Waals surface area contributed by atoms with Gasteiger partial charge in [0.25, 0.3) is 5.91 Å². The molecule has 2 aromatic rings. The summed E-state index contributed by atoms with van der Waals surface area (Å²) in [6.07, 6.45) is 2.30. The van der Waals surface area contributed by atoms with Gasteiger partial charge in [0.05, 0.1) is 11.9 Å². The molecule has 1 atom stereocenters. The maximum atomic E-state index is 12.6. The minimum atomic E-state index is -3.52. The minimum absolute atomic E-state index is 0.146. The topological polar surface area (TPSA) is 75.7 Å². The fourth-order valence-corrected chi connectivity index (χ4v) is 4.47. The highest BCUT2D eigenvalue weighted by molar-refractivity contribution is 7.92. The van der Waals surface area contributed by atoms with Crippen LogP contribution in [0.3, 0.4) is 0 Å². The van der Waals surface area contributed by atoms with Crippen LogP contribution in [0, 0.1) is 6.92 Å². The van der Waals surface area contributed by atoms with Gasteiger partial charge in [-0.05, 0) is 43.5 Å². The molecule has 29 heavy (non-hydrogen) atoms. The molecule has 0 bridgehead atoms. The maximum absolute atomic E-state index is 12.6. The van der Waals surface area contributed by atoms with Gasteiger partial charge in [-0.3, -0.25) is 9.10 Å². The third kappa shape index (κ3) is 5.64. The number of hydrogen-bond acceptors (Lipinski definition) is 4. The van der Waals surface area contributed by atoms with E-state index in [0.717, 1.165) is 19.1 Å². The number of rotatable bonds is 6. The zero-order valence-corrected chi connectivity index (χ0v) is 18.1. The van der Waals surface area contributed by atoms with E-state index in [1.54, 1.807) is 18.2 Å². The van der Waals surface area contributed by atoms with E-state index in [4.69, 9.17) is 16.3 Å². The summed E-state index contributed by atoms with van der Waals surface area (Å²) in [6.45, 7) is 2.73. The van der Waals surface area contributed by atoms with Gasteiger partial charge in [0, 0.05) is 24.5 Å². The van der Waals surface area contributed by atoms with Crippen LogP contribution < -0.4 is 14.4 Å². The van der Waals surface area contributed by atoms with Gasteiger partial charge in [-0.1, -0.05) is 41.4 Å². The van der Waals surface area contributed by atoms with Gasteiger partial charge in [-0.25, -0.2) is 8.42 Å². The molecule has 156 valence electrons. The number of anilines is 1. The van der Waals surface area contributed by atoms with Gasteiger partial charge in [0.1, 0.15) is 5.75 Å². The van der Waals surface area contributed by atoms with Crippen molar-refractivity contribution in [3.8, 4) is 5.75 Å². The Hall–Kier alpha value is -2.25. The molecule has 8 heteroatoms. The monoisotopic (exact) mass is 436 g/mol. The quantitative estimate of drug-likeness (QED) is 0.705. The van der Waals surface area contributed by atoms with Gasteiger partial charge in [-0.15, -0.1) is 0 Å². The molecule has 1 aliphatic heterocycles. The van der Waals surface area contributed by atoms with Crippen LogP contribution in [0.15, 0.2) is 42.5 Å². The number of aryl methyl sites for hydroxylation is 2. The molecular formula is C21H25ClN2O4S. The Bertz CT molecular complexity index is 994. The van der Waals surface area contributed by atoms with E-state index in [2.05, 4.69) is 30.4 Å². The highest BCUT2D eigenvalue weighted by Crippen LogP contribution is 2.36. The molecule has 1 aliphatic rings. The lowest BCUT2D eigenvalue weighted by molar-refractivity contribution is -0.128. The Morgan fingerprint density at radius 1 is 1.28 bits per heavy atom. The maximum Gasteiger partial charge on any atom is 0.261 e. The van der Waals surface area contributed by atoms with E-state index in [-0.39, 0.29) is 18.9 Å². The molecule has 6 nitrogen and oxygen atoms in total. The predicted octanol–water partition coefficient (Wildman–Crippen LogP) is 3.31. The van der Waals surface area contributed by atoms with Crippen LogP contribution in [0.1, 0.15) is 24.0 Å². The molecular weight excluding hydrogens is 412 g/mol. The van der Waals surface area contributed by atoms with Gasteiger partial charge in [-0.2, -0.15) is 0 Å². The second kappa shape index (κ2) is 9.05. The molecule has 0 saturated carbocycles. The van der Waals surface area contributed by atoms with E-state index >= 15 is 0 Å². The molecule has 3 rings (SSSR count). The van der Waals surface area contributed by atoms with Gasteiger partial charge < -0.3 is 10.1 Å². The van der Waals surface area contributed by atoms with E-state index in [0.29, 0.717) is 23.0 Å². The van der Waals surface area contributed by atoms with Crippen LogP contribution >= 0.6 is 11.6 Å². The second-order valence-electron chi connectivity index (χ2n) is 7.23. The number of nitrogens with zero attached hydrogens (tertiary/aromatic N) is 1. The molecule has 1 amide bonds. The van der Waals surface area contributed by atoms with Crippen LogP contribution in [0.5, 0.6) is 5.75 Å². The molecule has 0 fully saturated rings. The van der Waals surface area contributed by atoms with E-state index in [1.165, 1.54) is 15.4 Å². The van der Waals surface area contributed by atoms with E-state index < -0.39 is 16.1 Å². The number of carbonyl (C=O) groups excluding carboxylic acids is 1. The average molecular weight is 437 g/mol. The third-order valence-electron chi connectivity index (χ3n) is 4.77. The van der Waals surface area contributed by atoms with Gasteiger partial charge in [0.15, 0.2) is 6.10 Å². The van der Waals surface area contributed by atoms with Gasteiger partial charge >= 0.3 is 0 Å². The van der Waals surface area contributed by atoms with Crippen molar-refractivity contribution < 1.29 is 17.9 Å². The molecule has 1 heterocycles. The third-order valence-corrected chi connectivity index (χ3v) is 6.19. The number of benzene rings is 2. The van der Waals surface area contributed by atoms with Crippen LogP contribution in [0.25, 0.3) is 0 Å². The molecule has 0 aromatic heterocycles. The number of nitrogens with one attached hydrogen (secondary N) is 1. The SMILES string of the molecule is Cc1cccc(CCCNC(=O)[C@@H]2CCN(S(C)(=O)=O)c3cc(Cl)ccc3O2)c1. The summed E-state index contributed by atoms with van der Waals surface area (Å²) in [5, 5.41) is 3.31. The Morgan fingerprint density at radius 3 is 2.79 bits per heavy atom. The highest BCUT2D eigenvalue weighted by Gasteiger charge is 2.31. The number of amides is 1. The van der Waals surface area contributed by atoms with Crippen molar-refractivity contribution in [1.29, 1.82) is 0 Å². The molecule has 0 spiro atoms. The summed E-state index contributed by atoms with van der Waals surface area (Å²) in [7, 11) is -3.52. The number of halogens is 1. The number of hydrogen-bond donors (Lipinski definition) is 1. The van der Waals surface area contributed by atoms with Crippen LogP contribution in [-0.4, -0.2) is 39.8 Å². The Morgan fingerprint density at radius 2 is 2.07 bits per heavy atom. The minimum Gasteiger partial charge on any atom is -0.478 e. The van der Waals surface area contributed by atoms with Crippen molar-refractivity contribution in [1.82, 2.24) is 5.32 Å². The van der Waals surface area contributed by atoms with Crippen LogP contribution in [-0.2, 0) is 21.2 Å². The lowest BCUT2D eigenvalue weighted by Gasteiger charge is -2.21. The molecule has 2 aromatic carbocycles. The fourth-order valence-electron chi connectivity index (χ4n) is 3.37. The average Bonchev–Trinajstić information content (AvgIpc) is 2.84. The summed E-state index contributed by atoms with van der Waals surface area (Å²) < 4.78 is 31.5. The van der Waals surface area contributed by atoms with Crippen molar-refractivity contribution in [2.75, 3.05) is 23.7 Å². The molecule has 0 unspecified atom stereocenters. The largest absolute Gasteiger partial charge is 0.478 e. The molecule has 1 N–H and O–H groups in total. The summed E-state index contributed by atoms with van der Waals surface area (Å²) in [5.74, 6) is 0.0859. The first-order valence-corrected chi connectivity index (χ1v) is 11.7. The summed E-state index contributed by atoms with van der Waals surface area (Å²) in [5.41, 5.74) is 2.81. The summed E-state index contributed by atoms with van der Waals surface area (Å²) in [4.78, 5) is 12.6. The Balaban J connectivity index is 1.62. The number of ether oxygens (including phenoxy) is 1. The standard InChI is InChI=1S/C21H25ClN2O4S/c1-15-5-3-6-16(13-15)7-4-11-23-21(25)20-10-12-24(29(2,26)27)18-14-17(22)8-9-19(18)28-20/h3,5-6,8-9,13-14,20H,4,7,10-12H2,1-2H3,(H,23,25)/t20-/m0/s1. The van der Waals surface area contributed by atoms with Gasteiger partial charge in [0.2, 0.25) is 10.0 Å². The lowest BCUT2D eigenvalue weighted by Crippen LogP contribution is -2.40. The first-order chi connectivity index (χ1) is 13.7. The first-order valence-electron chi connectivity index (χ1n) is 9.51. The second-order valence-corrected chi connectivity index (χ2v) is 9.57. The highest BCUT2D eigenvalue weighted by atomic mass is 35.5. The van der Waals surface area contributed by atoms with Crippen LogP contribution in [0.4, 0.5) is 5.69 Å². The molecule has 0 saturated heterocycles. The fraction of sp³-hybridized carbons (Fsp3) is 0.381. The smallest absolute Gasteiger partial charge is 0.261 e. The number of sulfonamides is 1. The van der Waals surface area contributed by atoms with Crippen LogP contribution in [0.2, 0.25) is 5.02 Å². The van der Waals surface area contributed by atoms with E-state index in [9.17, 15) is 13.2 Å². The predicted molar refractivity (Wildman–Crippen MR) is 115 cm³/mol. The zero-order chi connectivity index (χ0) is 21.0. The molecule has 0 radical (unpaired) electrons. The van der Waals surface area contributed by atoms with E-state index in [1.807, 2.05) is 6.07 Å². The first kappa shape index (κ1) is 21.5.